The molecular weight excluding hydrogens is 284 g/mol. The first kappa shape index (κ1) is 15.1. The first-order chi connectivity index (χ1) is 9.20. The molecule has 2 atom stereocenters. The van der Waals surface area contributed by atoms with E-state index in [1.807, 2.05) is 6.92 Å². The van der Waals surface area contributed by atoms with Crippen LogP contribution >= 0.6 is 0 Å². The number of rotatable bonds is 4. The summed E-state index contributed by atoms with van der Waals surface area (Å²) in [7, 11) is -1.47. The van der Waals surface area contributed by atoms with Gasteiger partial charge in [-0.3, -0.25) is 5.14 Å². The molecule has 20 heavy (non-hydrogen) atoms. The highest BCUT2D eigenvalue weighted by Gasteiger charge is 2.28. The van der Waals surface area contributed by atoms with Crippen LogP contribution in [0, 0.1) is 11.6 Å². The first-order valence-corrected chi connectivity index (χ1v) is 7.47. The van der Waals surface area contributed by atoms with Crippen molar-refractivity contribution >= 4 is 22.0 Å². The van der Waals surface area contributed by atoms with Gasteiger partial charge in [0, 0.05) is 17.4 Å². The highest BCUT2D eigenvalue weighted by Crippen LogP contribution is 2.33. The van der Waals surface area contributed by atoms with Gasteiger partial charge in [0.2, 0.25) is 0 Å². The molecule has 3 nitrogen and oxygen atoms in total. The Morgan fingerprint density at radius 1 is 1.35 bits per heavy atom. The molecule has 2 N–H and O–H groups in total. The Bertz CT molecular complexity index is 666. The molecular formula is C14H17F2NO2S. The average Bonchev–Trinajstić information content (AvgIpc) is 2.72. The molecule has 0 saturated carbocycles. The van der Waals surface area contributed by atoms with Crippen molar-refractivity contribution in [2.75, 3.05) is 0 Å². The molecule has 6 heteroatoms. The van der Waals surface area contributed by atoms with Crippen LogP contribution in [-0.2, 0) is 11.0 Å². The number of benzene rings is 1. The van der Waals surface area contributed by atoms with Gasteiger partial charge in [-0.1, -0.05) is 6.92 Å². The summed E-state index contributed by atoms with van der Waals surface area (Å²) in [5.41, 5.74) is 0.0416. The van der Waals surface area contributed by atoms with E-state index in [4.69, 9.17) is 9.56 Å². The molecule has 0 bridgehead atoms. The summed E-state index contributed by atoms with van der Waals surface area (Å²) in [5.74, 6) is -0.936. The van der Waals surface area contributed by atoms with Gasteiger partial charge in [-0.25, -0.2) is 13.0 Å². The predicted octanol–water partition coefficient (Wildman–Crippen LogP) is 3.61. The van der Waals surface area contributed by atoms with Crippen LogP contribution in [0.3, 0.4) is 0 Å². The minimum absolute atomic E-state index is 0.0416. The van der Waals surface area contributed by atoms with Crippen molar-refractivity contribution in [1.82, 2.24) is 0 Å². The molecule has 0 radical (unpaired) electrons. The maximum Gasteiger partial charge on any atom is 0.170 e. The van der Waals surface area contributed by atoms with Crippen LogP contribution in [0.25, 0.3) is 11.0 Å². The van der Waals surface area contributed by atoms with E-state index in [0.717, 1.165) is 6.07 Å². The topological polar surface area (TPSA) is 56.2 Å². The van der Waals surface area contributed by atoms with Crippen molar-refractivity contribution in [2.45, 2.75) is 37.9 Å². The lowest BCUT2D eigenvalue weighted by Gasteiger charge is -2.23. The molecule has 0 aliphatic rings. The highest BCUT2D eigenvalue weighted by molar-refractivity contribution is 7.84. The number of nitrogens with two attached hydrogens (primary N) is 1. The zero-order chi connectivity index (χ0) is 15.1. The standard InChI is InChI=1S/C14H17F2NO2S/c1-8(7-14(2,3)20(17)18)12-5-9-4-10(15)6-11(16)13(9)19-12/h4-6,8H,7,17H2,1-3H3/t8-,20?/m1/s1. The zero-order valence-electron chi connectivity index (χ0n) is 11.6. The third kappa shape index (κ3) is 2.91. The Morgan fingerprint density at radius 3 is 2.60 bits per heavy atom. The highest BCUT2D eigenvalue weighted by atomic mass is 32.2. The minimum Gasteiger partial charge on any atom is -0.458 e. The van der Waals surface area contributed by atoms with Gasteiger partial charge in [0.25, 0.3) is 0 Å². The third-order valence-corrected chi connectivity index (χ3v) is 4.64. The predicted molar refractivity (Wildman–Crippen MR) is 75.6 cm³/mol. The van der Waals surface area contributed by atoms with Gasteiger partial charge in [-0.05, 0) is 32.4 Å². The van der Waals surface area contributed by atoms with E-state index in [9.17, 15) is 13.0 Å². The van der Waals surface area contributed by atoms with Crippen LogP contribution in [0.1, 0.15) is 38.9 Å². The van der Waals surface area contributed by atoms with Gasteiger partial charge in [-0.2, -0.15) is 0 Å². The lowest BCUT2D eigenvalue weighted by molar-refractivity contribution is 0.446. The summed E-state index contributed by atoms with van der Waals surface area (Å²) < 4.78 is 43.1. The number of furan rings is 1. The molecule has 0 amide bonds. The largest absolute Gasteiger partial charge is 0.458 e. The molecule has 0 fully saturated rings. The minimum atomic E-state index is -1.47. The number of hydrogen-bond donors (Lipinski definition) is 1. The van der Waals surface area contributed by atoms with Crippen LogP contribution in [-0.4, -0.2) is 8.96 Å². The fourth-order valence-electron chi connectivity index (χ4n) is 2.26. The van der Waals surface area contributed by atoms with E-state index in [1.54, 1.807) is 19.9 Å². The van der Waals surface area contributed by atoms with Crippen molar-refractivity contribution in [3.05, 3.63) is 35.6 Å². The summed E-state index contributed by atoms with van der Waals surface area (Å²) >= 11 is 0. The molecule has 1 aromatic heterocycles. The Hall–Kier alpha value is -1.27. The van der Waals surface area contributed by atoms with Crippen molar-refractivity contribution in [3.63, 3.8) is 0 Å². The van der Waals surface area contributed by atoms with E-state index in [2.05, 4.69) is 0 Å². The molecule has 0 aliphatic carbocycles. The number of fused-ring (bicyclic) bond motifs is 1. The fourth-order valence-corrected chi connectivity index (χ4v) is 2.67. The lowest BCUT2D eigenvalue weighted by Crippen LogP contribution is -2.33. The molecule has 1 aromatic carbocycles. The van der Waals surface area contributed by atoms with Crippen molar-refractivity contribution in [3.8, 4) is 0 Å². The fraction of sp³-hybridized carbons (Fsp3) is 0.429. The second kappa shape index (κ2) is 5.26. The van der Waals surface area contributed by atoms with Crippen molar-refractivity contribution in [1.29, 1.82) is 0 Å². The van der Waals surface area contributed by atoms with Crippen LogP contribution < -0.4 is 5.14 Å². The Kier molecular flexibility index (Phi) is 3.97. The van der Waals surface area contributed by atoms with Gasteiger partial charge < -0.3 is 4.42 Å². The molecule has 110 valence electrons. The number of hydrogen-bond acceptors (Lipinski definition) is 2. The number of halogens is 2. The maximum absolute atomic E-state index is 13.6. The summed E-state index contributed by atoms with van der Waals surface area (Å²) in [6.45, 7) is 5.46. The van der Waals surface area contributed by atoms with Crippen molar-refractivity contribution in [2.24, 2.45) is 5.14 Å². The Labute approximate surface area is 118 Å². The SMILES string of the molecule is C[C@H](CC(C)(C)S(N)=O)c1cc2cc(F)cc(F)c2o1. The molecule has 1 heterocycles. The van der Waals surface area contributed by atoms with Gasteiger partial charge in [0.05, 0.1) is 15.7 Å². The third-order valence-electron chi connectivity index (χ3n) is 3.38. The molecule has 1 unspecified atom stereocenters. The van der Waals surface area contributed by atoms with E-state index in [1.165, 1.54) is 6.07 Å². The molecule has 0 aliphatic heterocycles. The zero-order valence-corrected chi connectivity index (χ0v) is 12.4. The summed E-state index contributed by atoms with van der Waals surface area (Å²) in [6, 6.07) is 3.63. The molecule has 2 aromatic rings. The first-order valence-electron chi connectivity index (χ1n) is 6.25. The van der Waals surface area contributed by atoms with E-state index in [-0.39, 0.29) is 11.5 Å². The second-order valence-corrected chi connectivity index (χ2v) is 7.32. The normalized spacial score (nSPS) is 15.5. The molecule has 0 saturated heterocycles. The maximum atomic E-state index is 13.6. The monoisotopic (exact) mass is 301 g/mol. The van der Waals surface area contributed by atoms with Crippen LogP contribution in [0.4, 0.5) is 8.78 Å². The summed E-state index contributed by atoms with van der Waals surface area (Å²) in [5, 5.41) is 5.83. The van der Waals surface area contributed by atoms with Gasteiger partial charge in [-0.15, -0.1) is 0 Å². The van der Waals surface area contributed by atoms with E-state index in [0.29, 0.717) is 17.6 Å². The smallest absolute Gasteiger partial charge is 0.170 e. The van der Waals surface area contributed by atoms with Gasteiger partial charge >= 0.3 is 0 Å². The average molecular weight is 301 g/mol. The van der Waals surface area contributed by atoms with Crippen molar-refractivity contribution < 1.29 is 17.4 Å². The van der Waals surface area contributed by atoms with E-state index < -0.39 is 27.4 Å². The van der Waals surface area contributed by atoms with Crippen LogP contribution in [0.15, 0.2) is 22.6 Å². The van der Waals surface area contributed by atoms with E-state index >= 15 is 0 Å². The summed E-state index contributed by atoms with van der Waals surface area (Å²) in [4.78, 5) is 0. The van der Waals surface area contributed by atoms with Gasteiger partial charge in [0.15, 0.2) is 11.4 Å². The second-order valence-electron chi connectivity index (χ2n) is 5.62. The quantitative estimate of drug-likeness (QED) is 0.938. The van der Waals surface area contributed by atoms with Crippen LogP contribution in [0.5, 0.6) is 0 Å². The van der Waals surface area contributed by atoms with Crippen LogP contribution in [0.2, 0.25) is 0 Å². The molecule has 0 spiro atoms. The lowest BCUT2D eigenvalue weighted by atomic mass is 9.96. The molecule has 2 rings (SSSR count). The Morgan fingerprint density at radius 2 is 2.00 bits per heavy atom. The Balaban J connectivity index is 2.34. The summed E-state index contributed by atoms with van der Waals surface area (Å²) in [6.07, 6.45) is 0.514. The van der Waals surface area contributed by atoms with Gasteiger partial charge in [0.1, 0.15) is 11.6 Å².